The summed E-state index contributed by atoms with van der Waals surface area (Å²) in [7, 11) is 3.22. The minimum absolute atomic E-state index is 0.0913. The average Bonchev–Trinajstić information content (AvgIpc) is 2.67. The molecule has 0 radical (unpaired) electrons. The maximum absolute atomic E-state index is 12.4. The maximum Gasteiger partial charge on any atom is 0.237 e. The molecule has 8 heteroatoms. The van der Waals surface area contributed by atoms with Crippen LogP contribution in [0.3, 0.4) is 0 Å². The normalized spacial score (nSPS) is 17.3. The van der Waals surface area contributed by atoms with E-state index in [0.29, 0.717) is 37.7 Å². The fourth-order valence-electron chi connectivity index (χ4n) is 3.06. The standard InChI is InChI=1S/C19H29N3O4S/c1-25-15-9-14(10-16(11-15)26-2)13-22-7-6-21-19(24)17(22)12-18(23)20-5-4-8-27-3/h9-11,17H,4-8,12-13H2,1-3H3,(H,20,23)(H,21,24)/t17-/m0/s1. The van der Waals surface area contributed by atoms with Gasteiger partial charge in [-0.25, -0.2) is 0 Å². The Morgan fingerprint density at radius 1 is 1.30 bits per heavy atom. The number of hydrogen-bond donors (Lipinski definition) is 2. The zero-order valence-corrected chi connectivity index (χ0v) is 17.1. The Bertz CT molecular complexity index is 619. The predicted octanol–water partition coefficient (Wildman–Crippen LogP) is 1.26. The van der Waals surface area contributed by atoms with Gasteiger partial charge in [-0.1, -0.05) is 0 Å². The monoisotopic (exact) mass is 395 g/mol. The molecular weight excluding hydrogens is 366 g/mol. The van der Waals surface area contributed by atoms with E-state index in [-0.39, 0.29) is 18.2 Å². The highest BCUT2D eigenvalue weighted by Crippen LogP contribution is 2.24. The van der Waals surface area contributed by atoms with Crippen LogP contribution >= 0.6 is 11.8 Å². The molecule has 1 heterocycles. The van der Waals surface area contributed by atoms with E-state index in [1.165, 1.54) is 0 Å². The molecule has 1 fully saturated rings. The van der Waals surface area contributed by atoms with Crippen molar-refractivity contribution in [1.82, 2.24) is 15.5 Å². The van der Waals surface area contributed by atoms with Crippen LogP contribution in [0.2, 0.25) is 0 Å². The third-order valence-electron chi connectivity index (χ3n) is 4.46. The number of benzene rings is 1. The van der Waals surface area contributed by atoms with Gasteiger partial charge in [0.1, 0.15) is 11.5 Å². The Labute approximate surface area is 165 Å². The van der Waals surface area contributed by atoms with Gasteiger partial charge >= 0.3 is 0 Å². The maximum atomic E-state index is 12.4. The summed E-state index contributed by atoms with van der Waals surface area (Å²) in [5.41, 5.74) is 0.978. The Balaban J connectivity index is 2.02. The van der Waals surface area contributed by atoms with Crippen LogP contribution in [0.25, 0.3) is 0 Å². The largest absolute Gasteiger partial charge is 0.497 e. The minimum atomic E-state index is -0.475. The van der Waals surface area contributed by atoms with Crippen LogP contribution < -0.4 is 20.1 Å². The topological polar surface area (TPSA) is 79.9 Å². The van der Waals surface area contributed by atoms with Gasteiger partial charge in [-0.15, -0.1) is 0 Å². The number of ether oxygens (including phenoxy) is 2. The fourth-order valence-corrected chi connectivity index (χ4v) is 3.49. The second kappa shape index (κ2) is 11.0. The summed E-state index contributed by atoms with van der Waals surface area (Å²) < 4.78 is 10.6. The number of nitrogens with zero attached hydrogens (tertiary/aromatic N) is 1. The van der Waals surface area contributed by atoms with Crippen LogP contribution in [0.15, 0.2) is 18.2 Å². The molecule has 0 saturated carbocycles. The number of thioether (sulfide) groups is 1. The number of carbonyl (C=O) groups is 2. The molecule has 1 saturated heterocycles. The Morgan fingerprint density at radius 2 is 2.00 bits per heavy atom. The van der Waals surface area contributed by atoms with Gasteiger partial charge in [0.25, 0.3) is 0 Å². The first kappa shape index (κ1) is 21.4. The zero-order chi connectivity index (χ0) is 19.6. The number of nitrogens with one attached hydrogen (secondary N) is 2. The summed E-state index contributed by atoms with van der Waals surface area (Å²) in [6.45, 7) is 2.45. The molecule has 2 amide bonds. The predicted molar refractivity (Wildman–Crippen MR) is 107 cm³/mol. The van der Waals surface area contributed by atoms with Crippen molar-refractivity contribution < 1.29 is 19.1 Å². The van der Waals surface area contributed by atoms with E-state index in [2.05, 4.69) is 10.6 Å². The number of methoxy groups -OCH3 is 2. The lowest BCUT2D eigenvalue weighted by atomic mass is 10.1. The van der Waals surface area contributed by atoms with Crippen molar-refractivity contribution >= 4 is 23.6 Å². The van der Waals surface area contributed by atoms with Crippen LogP contribution in [-0.4, -0.2) is 68.6 Å². The van der Waals surface area contributed by atoms with Gasteiger partial charge < -0.3 is 20.1 Å². The summed E-state index contributed by atoms with van der Waals surface area (Å²) in [6.07, 6.45) is 3.13. The molecule has 0 bridgehead atoms. The van der Waals surface area contributed by atoms with Crippen molar-refractivity contribution in [3.05, 3.63) is 23.8 Å². The van der Waals surface area contributed by atoms with Gasteiger partial charge in [0.15, 0.2) is 0 Å². The number of piperazine rings is 1. The van der Waals surface area contributed by atoms with E-state index in [9.17, 15) is 9.59 Å². The highest BCUT2D eigenvalue weighted by atomic mass is 32.2. The first-order valence-corrected chi connectivity index (χ1v) is 10.5. The first-order chi connectivity index (χ1) is 13.1. The third kappa shape index (κ3) is 6.62. The van der Waals surface area contributed by atoms with E-state index in [1.54, 1.807) is 26.0 Å². The van der Waals surface area contributed by atoms with Gasteiger partial charge in [-0.2, -0.15) is 11.8 Å². The van der Waals surface area contributed by atoms with E-state index in [4.69, 9.17) is 9.47 Å². The molecule has 27 heavy (non-hydrogen) atoms. The van der Waals surface area contributed by atoms with Crippen LogP contribution in [0, 0.1) is 0 Å². The molecule has 0 aliphatic carbocycles. The quantitative estimate of drug-likeness (QED) is 0.581. The molecule has 0 aromatic heterocycles. The van der Waals surface area contributed by atoms with E-state index in [1.807, 2.05) is 29.4 Å². The molecule has 0 spiro atoms. The second-order valence-corrected chi connectivity index (χ2v) is 7.38. The van der Waals surface area contributed by atoms with Crippen molar-refractivity contribution in [2.45, 2.75) is 25.4 Å². The first-order valence-electron chi connectivity index (χ1n) is 9.06. The lowest BCUT2D eigenvalue weighted by molar-refractivity contribution is -0.134. The van der Waals surface area contributed by atoms with E-state index in [0.717, 1.165) is 17.7 Å². The Hall–Kier alpha value is -1.93. The molecule has 1 atom stereocenters. The van der Waals surface area contributed by atoms with Gasteiger partial charge in [0.2, 0.25) is 11.8 Å². The molecular formula is C19H29N3O4S. The molecule has 1 aromatic rings. The van der Waals surface area contributed by atoms with Gasteiger partial charge in [0, 0.05) is 32.2 Å². The minimum Gasteiger partial charge on any atom is -0.497 e. The SMILES string of the molecule is COc1cc(CN2CCNC(=O)[C@@H]2CC(=O)NCCCSC)cc(OC)c1. The Morgan fingerprint density at radius 3 is 2.63 bits per heavy atom. The van der Waals surface area contributed by atoms with Crippen molar-refractivity contribution in [3.63, 3.8) is 0 Å². The summed E-state index contributed by atoms with van der Waals surface area (Å²) in [5.74, 6) is 2.22. The molecule has 150 valence electrons. The second-order valence-electron chi connectivity index (χ2n) is 6.40. The molecule has 1 aliphatic rings. The molecule has 0 unspecified atom stereocenters. The van der Waals surface area contributed by atoms with Crippen LogP contribution in [-0.2, 0) is 16.1 Å². The third-order valence-corrected chi connectivity index (χ3v) is 5.16. The number of carbonyl (C=O) groups excluding carboxylic acids is 2. The molecule has 1 aromatic carbocycles. The smallest absolute Gasteiger partial charge is 0.237 e. The van der Waals surface area contributed by atoms with Crippen molar-refractivity contribution in [2.75, 3.05) is 45.9 Å². The van der Waals surface area contributed by atoms with Crippen LogP contribution in [0.5, 0.6) is 11.5 Å². The molecule has 1 aliphatic heterocycles. The van der Waals surface area contributed by atoms with E-state index >= 15 is 0 Å². The van der Waals surface area contributed by atoms with Crippen molar-refractivity contribution in [3.8, 4) is 11.5 Å². The highest BCUT2D eigenvalue weighted by Gasteiger charge is 2.31. The number of hydrogen-bond acceptors (Lipinski definition) is 6. The zero-order valence-electron chi connectivity index (χ0n) is 16.2. The van der Waals surface area contributed by atoms with Gasteiger partial charge in [-0.3, -0.25) is 14.5 Å². The summed E-state index contributed by atoms with van der Waals surface area (Å²) in [5, 5.41) is 5.77. The van der Waals surface area contributed by atoms with Gasteiger partial charge in [-0.05, 0) is 36.1 Å². The van der Waals surface area contributed by atoms with Crippen LogP contribution in [0.4, 0.5) is 0 Å². The molecule has 7 nitrogen and oxygen atoms in total. The fraction of sp³-hybridized carbons (Fsp3) is 0.579. The van der Waals surface area contributed by atoms with Crippen molar-refractivity contribution in [1.29, 1.82) is 0 Å². The average molecular weight is 396 g/mol. The Kier molecular flexibility index (Phi) is 8.74. The number of amides is 2. The van der Waals surface area contributed by atoms with Gasteiger partial charge in [0.05, 0.1) is 26.7 Å². The summed E-state index contributed by atoms with van der Waals surface area (Å²) in [6, 6.07) is 5.19. The lowest BCUT2D eigenvalue weighted by Gasteiger charge is -2.34. The van der Waals surface area contributed by atoms with Crippen LogP contribution in [0.1, 0.15) is 18.4 Å². The molecule has 2 rings (SSSR count). The van der Waals surface area contributed by atoms with Crippen molar-refractivity contribution in [2.24, 2.45) is 0 Å². The summed E-state index contributed by atoms with van der Waals surface area (Å²) in [4.78, 5) is 26.7. The highest BCUT2D eigenvalue weighted by molar-refractivity contribution is 7.98. The van der Waals surface area contributed by atoms with E-state index < -0.39 is 6.04 Å². The lowest BCUT2D eigenvalue weighted by Crippen LogP contribution is -2.56. The summed E-state index contributed by atoms with van der Waals surface area (Å²) >= 11 is 1.75. The number of rotatable bonds is 10. The molecule has 2 N–H and O–H groups in total.